The number of nitrogens with zero attached hydrogens (tertiary/aromatic N) is 1. The van der Waals surface area contributed by atoms with Crippen LogP contribution >= 0.6 is 0 Å². The Bertz CT molecular complexity index is 531. The first kappa shape index (κ1) is 14.1. The van der Waals surface area contributed by atoms with E-state index in [0.29, 0.717) is 6.04 Å². The molecule has 0 unspecified atom stereocenters. The SMILES string of the molecule is CCN(Cc1oc2ccccc2c1CNC)C(C)C. The Morgan fingerprint density at radius 2 is 2.00 bits per heavy atom. The minimum atomic E-state index is 0.528. The highest BCUT2D eigenvalue weighted by atomic mass is 16.3. The van der Waals surface area contributed by atoms with Crippen molar-refractivity contribution in [3.8, 4) is 0 Å². The second-order valence-corrected chi connectivity index (χ2v) is 5.19. The summed E-state index contributed by atoms with van der Waals surface area (Å²) in [5, 5.41) is 4.47. The van der Waals surface area contributed by atoms with E-state index in [4.69, 9.17) is 4.42 Å². The zero-order valence-corrected chi connectivity index (χ0v) is 12.4. The Hall–Kier alpha value is -1.32. The van der Waals surface area contributed by atoms with E-state index in [1.807, 2.05) is 19.2 Å². The van der Waals surface area contributed by atoms with Crippen LogP contribution in [0, 0.1) is 0 Å². The fraction of sp³-hybridized carbons (Fsp3) is 0.500. The molecular weight excluding hydrogens is 236 g/mol. The summed E-state index contributed by atoms with van der Waals surface area (Å²) in [5.74, 6) is 1.09. The minimum absolute atomic E-state index is 0.528. The molecule has 1 aromatic carbocycles. The lowest BCUT2D eigenvalue weighted by Crippen LogP contribution is -2.30. The molecule has 104 valence electrons. The molecule has 1 N–H and O–H groups in total. The molecule has 0 aliphatic carbocycles. The van der Waals surface area contributed by atoms with E-state index in [0.717, 1.165) is 31.0 Å². The van der Waals surface area contributed by atoms with Gasteiger partial charge in [0, 0.05) is 23.5 Å². The molecule has 2 aromatic rings. The van der Waals surface area contributed by atoms with Crippen LogP contribution in [0.4, 0.5) is 0 Å². The maximum atomic E-state index is 6.05. The Morgan fingerprint density at radius 3 is 2.63 bits per heavy atom. The van der Waals surface area contributed by atoms with Gasteiger partial charge in [-0.3, -0.25) is 4.90 Å². The van der Waals surface area contributed by atoms with Crippen molar-refractivity contribution in [2.45, 2.75) is 39.9 Å². The van der Waals surface area contributed by atoms with Gasteiger partial charge in [-0.1, -0.05) is 25.1 Å². The Labute approximate surface area is 115 Å². The molecule has 0 fully saturated rings. The van der Waals surface area contributed by atoms with E-state index in [9.17, 15) is 0 Å². The highest BCUT2D eigenvalue weighted by molar-refractivity contribution is 5.82. The van der Waals surface area contributed by atoms with Gasteiger partial charge >= 0.3 is 0 Å². The predicted molar refractivity (Wildman–Crippen MR) is 80.2 cm³/mol. The average molecular weight is 260 g/mol. The second-order valence-electron chi connectivity index (χ2n) is 5.19. The summed E-state index contributed by atoms with van der Waals surface area (Å²) in [7, 11) is 1.98. The number of hydrogen-bond donors (Lipinski definition) is 1. The molecule has 0 aliphatic heterocycles. The van der Waals surface area contributed by atoms with E-state index in [1.54, 1.807) is 0 Å². The largest absolute Gasteiger partial charge is 0.459 e. The van der Waals surface area contributed by atoms with Crippen molar-refractivity contribution in [2.24, 2.45) is 0 Å². The molecule has 0 amide bonds. The molecule has 1 heterocycles. The van der Waals surface area contributed by atoms with Gasteiger partial charge in [-0.2, -0.15) is 0 Å². The number of para-hydroxylation sites is 1. The lowest BCUT2D eigenvalue weighted by atomic mass is 10.1. The third kappa shape index (κ3) is 2.99. The number of rotatable bonds is 6. The first-order valence-electron chi connectivity index (χ1n) is 7.05. The third-order valence-corrected chi connectivity index (χ3v) is 3.62. The number of fused-ring (bicyclic) bond motifs is 1. The summed E-state index contributed by atoms with van der Waals surface area (Å²) < 4.78 is 6.05. The van der Waals surface area contributed by atoms with Gasteiger partial charge in [0.1, 0.15) is 11.3 Å². The number of hydrogen-bond acceptors (Lipinski definition) is 3. The number of furan rings is 1. The van der Waals surface area contributed by atoms with E-state index in [1.165, 1.54) is 10.9 Å². The number of benzene rings is 1. The quantitative estimate of drug-likeness (QED) is 0.863. The summed E-state index contributed by atoms with van der Waals surface area (Å²) >= 11 is 0. The summed E-state index contributed by atoms with van der Waals surface area (Å²) in [4.78, 5) is 2.41. The molecule has 0 radical (unpaired) electrons. The van der Waals surface area contributed by atoms with Crippen LogP contribution in [0.15, 0.2) is 28.7 Å². The Morgan fingerprint density at radius 1 is 1.26 bits per heavy atom. The first-order chi connectivity index (χ1) is 9.17. The number of nitrogens with one attached hydrogen (secondary N) is 1. The Kier molecular flexibility index (Phi) is 4.61. The van der Waals surface area contributed by atoms with Gasteiger partial charge in [-0.25, -0.2) is 0 Å². The van der Waals surface area contributed by atoms with Crippen LogP contribution in [-0.2, 0) is 13.1 Å². The van der Waals surface area contributed by atoms with E-state index in [2.05, 4.69) is 43.1 Å². The summed E-state index contributed by atoms with van der Waals surface area (Å²) in [6, 6.07) is 8.81. The van der Waals surface area contributed by atoms with Crippen molar-refractivity contribution in [1.82, 2.24) is 10.2 Å². The predicted octanol–water partition coefficient (Wildman–Crippen LogP) is 3.38. The molecule has 0 aliphatic rings. The first-order valence-corrected chi connectivity index (χ1v) is 7.05. The second kappa shape index (κ2) is 6.22. The lowest BCUT2D eigenvalue weighted by molar-refractivity contribution is 0.208. The molecule has 2 rings (SSSR count). The third-order valence-electron chi connectivity index (χ3n) is 3.62. The standard InChI is InChI=1S/C16H24N2O/c1-5-18(12(2)3)11-16-14(10-17-4)13-8-6-7-9-15(13)19-16/h6-9,12,17H,5,10-11H2,1-4H3. The summed E-state index contributed by atoms with van der Waals surface area (Å²) in [6.45, 7) is 9.41. The highest BCUT2D eigenvalue weighted by Crippen LogP contribution is 2.27. The van der Waals surface area contributed by atoms with Gasteiger partial charge in [-0.15, -0.1) is 0 Å². The normalized spacial score (nSPS) is 11.9. The van der Waals surface area contributed by atoms with Gasteiger partial charge in [-0.05, 0) is 33.5 Å². The monoisotopic (exact) mass is 260 g/mol. The molecule has 0 bridgehead atoms. The molecule has 3 heteroatoms. The van der Waals surface area contributed by atoms with Crippen molar-refractivity contribution in [2.75, 3.05) is 13.6 Å². The highest BCUT2D eigenvalue weighted by Gasteiger charge is 2.17. The van der Waals surface area contributed by atoms with Crippen molar-refractivity contribution < 1.29 is 4.42 Å². The van der Waals surface area contributed by atoms with E-state index >= 15 is 0 Å². The zero-order chi connectivity index (χ0) is 13.8. The zero-order valence-electron chi connectivity index (χ0n) is 12.4. The molecule has 0 atom stereocenters. The van der Waals surface area contributed by atoms with Crippen molar-refractivity contribution in [1.29, 1.82) is 0 Å². The molecule has 0 saturated carbocycles. The van der Waals surface area contributed by atoms with Gasteiger partial charge in [0.2, 0.25) is 0 Å². The van der Waals surface area contributed by atoms with Gasteiger partial charge in [0.05, 0.1) is 6.54 Å². The van der Waals surface area contributed by atoms with Crippen LogP contribution in [0.25, 0.3) is 11.0 Å². The van der Waals surface area contributed by atoms with E-state index in [-0.39, 0.29) is 0 Å². The van der Waals surface area contributed by atoms with Crippen LogP contribution in [0.1, 0.15) is 32.1 Å². The van der Waals surface area contributed by atoms with Crippen LogP contribution < -0.4 is 5.32 Å². The average Bonchev–Trinajstić information content (AvgIpc) is 2.74. The molecule has 0 spiro atoms. The summed E-state index contributed by atoms with van der Waals surface area (Å²) in [6.07, 6.45) is 0. The fourth-order valence-electron chi connectivity index (χ4n) is 2.49. The van der Waals surface area contributed by atoms with E-state index < -0.39 is 0 Å². The van der Waals surface area contributed by atoms with Crippen molar-refractivity contribution in [3.05, 3.63) is 35.6 Å². The van der Waals surface area contributed by atoms with Crippen molar-refractivity contribution in [3.63, 3.8) is 0 Å². The summed E-state index contributed by atoms with van der Waals surface area (Å²) in [5.41, 5.74) is 2.28. The minimum Gasteiger partial charge on any atom is -0.459 e. The molecule has 19 heavy (non-hydrogen) atoms. The molecule has 3 nitrogen and oxygen atoms in total. The van der Waals surface area contributed by atoms with Gasteiger partial charge in [0.25, 0.3) is 0 Å². The van der Waals surface area contributed by atoms with Crippen LogP contribution in [0.5, 0.6) is 0 Å². The van der Waals surface area contributed by atoms with Crippen molar-refractivity contribution >= 4 is 11.0 Å². The topological polar surface area (TPSA) is 28.4 Å². The lowest BCUT2D eigenvalue weighted by Gasteiger charge is -2.24. The van der Waals surface area contributed by atoms with Crippen LogP contribution in [-0.4, -0.2) is 24.5 Å². The molecular formula is C16H24N2O. The molecule has 1 aromatic heterocycles. The van der Waals surface area contributed by atoms with Gasteiger partial charge in [0.15, 0.2) is 0 Å². The maximum Gasteiger partial charge on any atom is 0.134 e. The van der Waals surface area contributed by atoms with Crippen LogP contribution in [0.2, 0.25) is 0 Å². The Balaban J connectivity index is 2.38. The van der Waals surface area contributed by atoms with Crippen LogP contribution in [0.3, 0.4) is 0 Å². The smallest absolute Gasteiger partial charge is 0.134 e. The maximum absolute atomic E-state index is 6.05. The van der Waals surface area contributed by atoms with Gasteiger partial charge < -0.3 is 9.73 Å². The fourth-order valence-corrected chi connectivity index (χ4v) is 2.49. The molecule has 0 saturated heterocycles.